The van der Waals surface area contributed by atoms with Gasteiger partial charge in [0.1, 0.15) is 5.75 Å². The lowest BCUT2D eigenvalue weighted by Crippen LogP contribution is -2.38. The predicted octanol–water partition coefficient (Wildman–Crippen LogP) is 2.12. The summed E-state index contributed by atoms with van der Waals surface area (Å²) in [5, 5.41) is 10.8. The number of hydrogen-bond donors (Lipinski definition) is 0. The first-order valence-electron chi connectivity index (χ1n) is 5.56. The van der Waals surface area contributed by atoms with Crippen LogP contribution in [0.5, 0.6) is 5.75 Å². The second kappa shape index (κ2) is 5.71. The largest absolute Gasteiger partial charge is 0.482 e. The number of nitrogens with zero attached hydrogens (tertiary/aromatic N) is 2. The van der Waals surface area contributed by atoms with E-state index < -0.39 is 4.92 Å². The number of alkyl halides is 1. The second-order valence-corrected chi connectivity index (χ2v) is 4.14. The van der Waals surface area contributed by atoms with Crippen molar-refractivity contribution in [2.75, 3.05) is 23.9 Å². The number of fused-ring (bicyclic) bond motifs is 1. The van der Waals surface area contributed by atoms with Crippen molar-refractivity contribution < 1.29 is 14.5 Å². The molecule has 7 heteroatoms. The maximum atomic E-state index is 11.8. The molecule has 0 unspecified atom stereocenters. The third-order valence-electron chi connectivity index (χ3n) is 2.64. The summed E-state index contributed by atoms with van der Waals surface area (Å²) >= 11 is 5.52. The summed E-state index contributed by atoms with van der Waals surface area (Å²) in [5.41, 5.74) is 0.327. The average Bonchev–Trinajstić information content (AvgIpc) is 2.40. The molecule has 100 valence electrons. The molecule has 0 spiro atoms. The van der Waals surface area contributed by atoms with Gasteiger partial charge < -0.3 is 9.64 Å². The third kappa shape index (κ3) is 2.85. The summed E-state index contributed by atoms with van der Waals surface area (Å²) in [5.74, 6) is 0.567. The first-order chi connectivity index (χ1) is 9.13. The van der Waals surface area contributed by atoms with Crippen molar-refractivity contribution >= 4 is 28.9 Å². The number of carbonyl (C=O) groups is 1. The molecular weight excluding hydrogens is 272 g/mol. The molecule has 0 radical (unpaired) electrons. The number of carbonyl (C=O) groups excluding carboxylic acids is 1. The molecule has 0 fully saturated rings. The third-order valence-corrected chi connectivity index (χ3v) is 2.82. The number of non-ortho nitro benzene ring substituents is 1. The van der Waals surface area contributed by atoms with Gasteiger partial charge in [-0.25, -0.2) is 0 Å². The smallest absolute Gasteiger partial charge is 0.271 e. The summed E-state index contributed by atoms with van der Waals surface area (Å²) in [4.78, 5) is 23.5. The molecule has 1 aromatic rings. The zero-order valence-corrected chi connectivity index (χ0v) is 10.7. The minimum Gasteiger partial charge on any atom is -0.482 e. The molecule has 1 amide bonds. The van der Waals surface area contributed by atoms with Gasteiger partial charge in [-0.2, -0.15) is 0 Å². The van der Waals surface area contributed by atoms with Crippen molar-refractivity contribution in [1.29, 1.82) is 0 Å². The van der Waals surface area contributed by atoms with Crippen LogP contribution >= 0.6 is 11.6 Å². The fourth-order valence-electron chi connectivity index (χ4n) is 1.75. The molecule has 19 heavy (non-hydrogen) atoms. The number of nitro groups is 1. The van der Waals surface area contributed by atoms with E-state index in [1.165, 1.54) is 23.1 Å². The van der Waals surface area contributed by atoms with E-state index in [1.54, 1.807) is 12.2 Å². The highest BCUT2D eigenvalue weighted by Gasteiger charge is 2.26. The minimum absolute atomic E-state index is 0.0699. The van der Waals surface area contributed by atoms with E-state index in [0.717, 1.165) is 0 Å². The van der Waals surface area contributed by atoms with Gasteiger partial charge in [-0.05, 0) is 6.07 Å². The van der Waals surface area contributed by atoms with Crippen molar-refractivity contribution in [2.24, 2.45) is 0 Å². The number of benzene rings is 1. The van der Waals surface area contributed by atoms with Crippen LogP contribution in [0.3, 0.4) is 0 Å². The Labute approximate surface area is 114 Å². The lowest BCUT2D eigenvalue weighted by Gasteiger charge is -2.28. The molecule has 0 aliphatic carbocycles. The van der Waals surface area contributed by atoms with Crippen LogP contribution in [0.25, 0.3) is 0 Å². The van der Waals surface area contributed by atoms with Gasteiger partial charge in [-0.1, -0.05) is 12.2 Å². The Morgan fingerprint density at radius 2 is 2.26 bits per heavy atom. The van der Waals surface area contributed by atoms with Crippen molar-refractivity contribution in [3.05, 3.63) is 40.5 Å². The van der Waals surface area contributed by atoms with Gasteiger partial charge >= 0.3 is 0 Å². The van der Waals surface area contributed by atoms with Crippen LogP contribution in [0.1, 0.15) is 0 Å². The van der Waals surface area contributed by atoms with Crippen molar-refractivity contribution in [3.8, 4) is 5.75 Å². The highest BCUT2D eigenvalue weighted by Crippen LogP contribution is 2.35. The average molecular weight is 283 g/mol. The van der Waals surface area contributed by atoms with Gasteiger partial charge in [0.25, 0.3) is 11.6 Å². The zero-order chi connectivity index (χ0) is 13.8. The van der Waals surface area contributed by atoms with E-state index in [9.17, 15) is 14.9 Å². The number of rotatable bonds is 4. The highest BCUT2D eigenvalue weighted by atomic mass is 35.5. The topological polar surface area (TPSA) is 72.7 Å². The lowest BCUT2D eigenvalue weighted by molar-refractivity contribution is -0.384. The van der Waals surface area contributed by atoms with E-state index >= 15 is 0 Å². The Kier molecular flexibility index (Phi) is 4.01. The van der Waals surface area contributed by atoms with Gasteiger partial charge in [0.15, 0.2) is 6.61 Å². The molecule has 2 rings (SSSR count). The molecule has 0 saturated heterocycles. The molecular formula is C12H11ClN2O4. The quantitative estimate of drug-likeness (QED) is 0.367. The summed E-state index contributed by atoms with van der Waals surface area (Å²) in [6, 6.07) is 4.18. The normalized spacial score (nSPS) is 14.4. The van der Waals surface area contributed by atoms with E-state index in [4.69, 9.17) is 16.3 Å². The van der Waals surface area contributed by atoms with Crippen LogP contribution in [-0.2, 0) is 4.79 Å². The standard InChI is InChI=1S/C12H11ClN2O4/c13-5-1-2-6-14-10-7-9(15(17)18)3-4-11(10)19-8-12(14)16/h1-4,7H,5-6,8H2. The number of halogens is 1. The molecule has 1 aliphatic heterocycles. The van der Waals surface area contributed by atoms with Crippen LogP contribution in [0, 0.1) is 10.1 Å². The maximum absolute atomic E-state index is 11.8. The van der Waals surface area contributed by atoms with Crippen molar-refractivity contribution in [1.82, 2.24) is 0 Å². The fourth-order valence-corrected chi connectivity index (χ4v) is 1.87. The number of ether oxygens (including phenoxy) is 1. The molecule has 0 atom stereocenters. The fraction of sp³-hybridized carbons (Fsp3) is 0.250. The van der Waals surface area contributed by atoms with E-state index in [-0.39, 0.29) is 18.2 Å². The number of hydrogen-bond acceptors (Lipinski definition) is 4. The monoisotopic (exact) mass is 282 g/mol. The van der Waals surface area contributed by atoms with E-state index in [2.05, 4.69) is 0 Å². The van der Waals surface area contributed by atoms with Crippen LogP contribution in [0.4, 0.5) is 11.4 Å². The molecule has 0 bridgehead atoms. The Morgan fingerprint density at radius 3 is 2.95 bits per heavy atom. The molecule has 0 saturated carbocycles. The highest BCUT2D eigenvalue weighted by molar-refractivity contribution is 6.18. The number of anilines is 1. The van der Waals surface area contributed by atoms with Crippen LogP contribution < -0.4 is 9.64 Å². The van der Waals surface area contributed by atoms with Crippen LogP contribution in [-0.4, -0.2) is 29.9 Å². The van der Waals surface area contributed by atoms with E-state index in [0.29, 0.717) is 23.9 Å². The Hall–Kier alpha value is -2.08. The number of nitro benzene ring substituents is 1. The summed E-state index contributed by atoms with van der Waals surface area (Å²) in [6.07, 6.45) is 3.44. The molecule has 1 aromatic carbocycles. The van der Waals surface area contributed by atoms with Crippen molar-refractivity contribution in [3.63, 3.8) is 0 Å². The zero-order valence-electron chi connectivity index (χ0n) is 9.91. The molecule has 1 heterocycles. The lowest BCUT2D eigenvalue weighted by atomic mass is 10.2. The SMILES string of the molecule is O=C1COc2ccc([N+](=O)[O-])cc2N1CC=CCCl. The van der Waals surface area contributed by atoms with Gasteiger partial charge in [0, 0.05) is 24.6 Å². The van der Waals surface area contributed by atoms with Crippen molar-refractivity contribution in [2.45, 2.75) is 0 Å². The van der Waals surface area contributed by atoms with Gasteiger partial charge in [0.05, 0.1) is 10.6 Å². The Balaban J connectivity index is 2.35. The second-order valence-electron chi connectivity index (χ2n) is 3.83. The number of amides is 1. The predicted molar refractivity (Wildman–Crippen MR) is 70.8 cm³/mol. The Bertz CT molecular complexity index is 545. The molecule has 1 aliphatic rings. The Morgan fingerprint density at radius 1 is 1.47 bits per heavy atom. The molecule has 0 N–H and O–H groups in total. The minimum atomic E-state index is -0.508. The van der Waals surface area contributed by atoms with Crippen LogP contribution in [0.2, 0.25) is 0 Å². The summed E-state index contributed by atoms with van der Waals surface area (Å²) in [7, 11) is 0. The van der Waals surface area contributed by atoms with Gasteiger partial charge in [0.2, 0.25) is 0 Å². The van der Waals surface area contributed by atoms with Crippen LogP contribution in [0.15, 0.2) is 30.4 Å². The summed E-state index contributed by atoms with van der Waals surface area (Å²) < 4.78 is 5.24. The summed E-state index contributed by atoms with van der Waals surface area (Å²) in [6.45, 7) is 0.239. The first-order valence-corrected chi connectivity index (χ1v) is 6.09. The first kappa shape index (κ1) is 13.4. The molecule has 6 nitrogen and oxygen atoms in total. The van der Waals surface area contributed by atoms with Gasteiger partial charge in [-0.15, -0.1) is 11.6 Å². The molecule has 0 aromatic heterocycles. The van der Waals surface area contributed by atoms with Gasteiger partial charge in [-0.3, -0.25) is 14.9 Å². The maximum Gasteiger partial charge on any atom is 0.271 e. The van der Waals surface area contributed by atoms with E-state index in [1.807, 2.05) is 0 Å². The number of allylic oxidation sites excluding steroid dienone is 1.